The summed E-state index contributed by atoms with van der Waals surface area (Å²) in [7, 11) is 0. The van der Waals surface area contributed by atoms with E-state index in [-0.39, 0.29) is 5.54 Å². The van der Waals surface area contributed by atoms with Crippen LogP contribution in [0.3, 0.4) is 0 Å². The quantitative estimate of drug-likeness (QED) is 0.875. The average Bonchev–Trinajstić information content (AvgIpc) is 3.06. The fourth-order valence-electron chi connectivity index (χ4n) is 4.14. The van der Waals surface area contributed by atoms with Crippen molar-refractivity contribution in [2.75, 3.05) is 0 Å². The summed E-state index contributed by atoms with van der Waals surface area (Å²) in [5, 5.41) is 6.25. The molecule has 0 amide bonds. The lowest BCUT2D eigenvalue weighted by Gasteiger charge is -2.41. The molecule has 20 heavy (non-hydrogen) atoms. The molecule has 1 heterocycles. The van der Waals surface area contributed by atoms with Gasteiger partial charge in [-0.05, 0) is 47.8 Å². The molecule has 0 unspecified atom stereocenters. The molecule has 1 fully saturated rings. The third-order valence-electron chi connectivity index (χ3n) is 5.14. The first-order chi connectivity index (χ1) is 9.88. The summed E-state index contributed by atoms with van der Waals surface area (Å²) in [5.74, 6) is 0.822. The molecule has 1 saturated carbocycles. The molecular weight excluding hydrogens is 262 g/mol. The van der Waals surface area contributed by atoms with Gasteiger partial charge in [-0.2, -0.15) is 0 Å². The van der Waals surface area contributed by atoms with Crippen LogP contribution in [0.1, 0.15) is 41.7 Å². The van der Waals surface area contributed by atoms with Gasteiger partial charge in [0.25, 0.3) is 0 Å². The zero-order chi connectivity index (χ0) is 13.4. The van der Waals surface area contributed by atoms with Crippen LogP contribution in [0.25, 0.3) is 0 Å². The van der Waals surface area contributed by atoms with Crippen molar-refractivity contribution in [3.63, 3.8) is 0 Å². The number of benzene rings is 1. The molecular formula is C18H21NS. The van der Waals surface area contributed by atoms with E-state index in [2.05, 4.69) is 47.1 Å². The van der Waals surface area contributed by atoms with E-state index < -0.39 is 0 Å². The molecule has 1 aromatic carbocycles. The van der Waals surface area contributed by atoms with Crippen molar-refractivity contribution < 1.29 is 0 Å². The van der Waals surface area contributed by atoms with Gasteiger partial charge in [0.1, 0.15) is 0 Å². The molecule has 2 aromatic rings. The van der Waals surface area contributed by atoms with E-state index in [4.69, 9.17) is 0 Å². The van der Waals surface area contributed by atoms with E-state index in [0.717, 1.165) is 12.5 Å². The molecule has 1 aromatic heterocycles. The van der Waals surface area contributed by atoms with Crippen LogP contribution in [0.5, 0.6) is 0 Å². The van der Waals surface area contributed by atoms with E-state index in [0.29, 0.717) is 0 Å². The molecule has 2 aliphatic carbocycles. The molecule has 0 aliphatic heterocycles. The Morgan fingerprint density at radius 2 is 2.05 bits per heavy atom. The lowest BCUT2D eigenvalue weighted by atomic mass is 9.75. The zero-order valence-electron chi connectivity index (χ0n) is 11.8. The Balaban J connectivity index is 1.62. The van der Waals surface area contributed by atoms with E-state index in [1.165, 1.54) is 37.7 Å². The maximum Gasteiger partial charge on any atom is 0.0565 e. The summed E-state index contributed by atoms with van der Waals surface area (Å²) in [6.45, 7) is 0.995. The maximum absolute atomic E-state index is 3.97. The van der Waals surface area contributed by atoms with Gasteiger partial charge in [0.15, 0.2) is 0 Å². The van der Waals surface area contributed by atoms with Crippen molar-refractivity contribution in [1.29, 1.82) is 0 Å². The molecule has 4 rings (SSSR count). The Morgan fingerprint density at radius 3 is 2.95 bits per heavy atom. The highest BCUT2D eigenvalue weighted by Crippen LogP contribution is 2.52. The number of fused-ring (bicyclic) bond motifs is 3. The number of hydrogen-bond donors (Lipinski definition) is 1. The lowest BCUT2D eigenvalue weighted by molar-refractivity contribution is 0.160. The standard InChI is InChI=1S/C18H21NS/c1-2-6-14(7-3-1)13-19-18-10-5-4-8-16(18)12-15-9-11-20-17(15)18/h1-3,6-7,9,11,16,19H,4-5,8,10,12-13H2/t16-,18+/m0/s1. The molecule has 0 spiro atoms. The Bertz CT molecular complexity index is 588. The fraction of sp³-hybridized carbons (Fsp3) is 0.444. The van der Waals surface area contributed by atoms with Gasteiger partial charge < -0.3 is 5.32 Å². The number of thiophene rings is 1. The Hall–Kier alpha value is -1.12. The molecule has 2 aliphatic rings. The molecule has 0 saturated heterocycles. The van der Waals surface area contributed by atoms with Crippen LogP contribution in [0.4, 0.5) is 0 Å². The van der Waals surface area contributed by atoms with Crippen LogP contribution in [0.15, 0.2) is 41.8 Å². The minimum Gasteiger partial charge on any atom is -0.302 e. The second kappa shape index (κ2) is 5.01. The first-order valence-electron chi connectivity index (χ1n) is 7.74. The van der Waals surface area contributed by atoms with Crippen molar-refractivity contribution in [3.8, 4) is 0 Å². The van der Waals surface area contributed by atoms with Crippen LogP contribution < -0.4 is 5.32 Å². The minimum atomic E-state index is 0.275. The summed E-state index contributed by atoms with van der Waals surface area (Å²) in [5.41, 5.74) is 3.29. The largest absolute Gasteiger partial charge is 0.302 e. The second-order valence-corrected chi connectivity index (χ2v) is 7.15. The summed E-state index contributed by atoms with van der Waals surface area (Å²) in [6.07, 6.45) is 6.78. The highest BCUT2D eigenvalue weighted by molar-refractivity contribution is 7.10. The van der Waals surface area contributed by atoms with Crippen LogP contribution in [-0.4, -0.2) is 0 Å². The smallest absolute Gasteiger partial charge is 0.0565 e. The highest BCUT2D eigenvalue weighted by Gasteiger charge is 2.48. The van der Waals surface area contributed by atoms with Crippen molar-refractivity contribution in [2.45, 2.75) is 44.2 Å². The lowest BCUT2D eigenvalue weighted by Crippen LogP contribution is -2.47. The van der Waals surface area contributed by atoms with Gasteiger partial charge in [0, 0.05) is 11.4 Å². The molecule has 0 bridgehead atoms. The van der Waals surface area contributed by atoms with Gasteiger partial charge in [0.2, 0.25) is 0 Å². The first kappa shape index (κ1) is 12.6. The highest BCUT2D eigenvalue weighted by atomic mass is 32.1. The van der Waals surface area contributed by atoms with E-state index in [1.54, 1.807) is 10.4 Å². The zero-order valence-corrected chi connectivity index (χ0v) is 12.6. The van der Waals surface area contributed by atoms with Crippen molar-refractivity contribution in [3.05, 3.63) is 57.8 Å². The van der Waals surface area contributed by atoms with Crippen molar-refractivity contribution in [2.24, 2.45) is 5.92 Å². The number of hydrogen-bond acceptors (Lipinski definition) is 2. The third-order valence-corrected chi connectivity index (χ3v) is 6.27. The predicted octanol–water partition coefficient (Wildman–Crippen LogP) is 4.48. The van der Waals surface area contributed by atoms with Gasteiger partial charge >= 0.3 is 0 Å². The average molecular weight is 283 g/mol. The molecule has 2 atom stereocenters. The Kier molecular flexibility index (Phi) is 3.16. The summed E-state index contributed by atoms with van der Waals surface area (Å²) >= 11 is 1.97. The normalized spacial score (nSPS) is 28.1. The first-order valence-corrected chi connectivity index (χ1v) is 8.62. The predicted molar refractivity (Wildman–Crippen MR) is 84.9 cm³/mol. The monoisotopic (exact) mass is 283 g/mol. The summed E-state index contributed by atoms with van der Waals surface area (Å²) < 4.78 is 0. The molecule has 0 radical (unpaired) electrons. The van der Waals surface area contributed by atoms with Crippen LogP contribution in [-0.2, 0) is 18.5 Å². The fourth-order valence-corrected chi connectivity index (χ4v) is 5.36. The van der Waals surface area contributed by atoms with Gasteiger partial charge in [-0.1, -0.05) is 43.2 Å². The van der Waals surface area contributed by atoms with Crippen LogP contribution >= 0.6 is 11.3 Å². The third kappa shape index (κ3) is 1.94. The van der Waals surface area contributed by atoms with Crippen LogP contribution in [0.2, 0.25) is 0 Å². The second-order valence-electron chi connectivity index (χ2n) is 6.23. The summed E-state index contributed by atoms with van der Waals surface area (Å²) in [4.78, 5) is 1.64. The Labute approximate surface area is 125 Å². The maximum atomic E-state index is 3.97. The SMILES string of the molecule is c1ccc(CN[C@]23CCCC[C@H]2Cc2ccsc23)cc1. The van der Waals surface area contributed by atoms with E-state index in [9.17, 15) is 0 Å². The topological polar surface area (TPSA) is 12.0 Å². The van der Waals surface area contributed by atoms with Crippen molar-refractivity contribution in [1.82, 2.24) is 5.32 Å². The van der Waals surface area contributed by atoms with E-state index in [1.807, 2.05) is 11.3 Å². The van der Waals surface area contributed by atoms with Gasteiger partial charge in [-0.15, -0.1) is 11.3 Å². The molecule has 104 valence electrons. The molecule has 2 heteroatoms. The molecule has 1 nitrogen and oxygen atoms in total. The van der Waals surface area contributed by atoms with Gasteiger partial charge in [-0.25, -0.2) is 0 Å². The van der Waals surface area contributed by atoms with Crippen LogP contribution in [0, 0.1) is 5.92 Å². The minimum absolute atomic E-state index is 0.275. The van der Waals surface area contributed by atoms with E-state index >= 15 is 0 Å². The van der Waals surface area contributed by atoms with Gasteiger partial charge in [0.05, 0.1) is 5.54 Å². The van der Waals surface area contributed by atoms with Crippen molar-refractivity contribution >= 4 is 11.3 Å². The number of rotatable bonds is 3. The Morgan fingerprint density at radius 1 is 1.15 bits per heavy atom. The molecule has 1 N–H and O–H groups in total. The summed E-state index contributed by atoms with van der Waals surface area (Å²) in [6, 6.07) is 13.2. The van der Waals surface area contributed by atoms with Gasteiger partial charge in [-0.3, -0.25) is 0 Å². The number of nitrogens with one attached hydrogen (secondary N) is 1.